The molecule has 1 aromatic heterocycles. The largest absolute Gasteiger partial charge is 0.481 e. The van der Waals surface area contributed by atoms with Crippen molar-refractivity contribution in [1.82, 2.24) is 14.9 Å². The second kappa shape index (κ2) is 12.0. The Hall–Kier alpha value is -4.02. The number of carboxylic acids is 1. The Morgan fingerprint density at radius 1 is 0.895 bits per heavy atom. The summed E-state index contributed by atoms with van der Waals surface area (Å²) in [6.07, 6.45) is -0.259. The van der Waals surface area contributed by atoms with Crippen molar-refractivity contribution in [3.8, 4) is 22.9 Å². The lowest BCUT2D eigenvalue weighted by atomic mass is 9.95. The highest BCUT2D eigenvalue weighted by molar-refractivity contribution is 7.88. The topological polar surface area (TPSA) is 134 Å². The van der Waals surface area contributed by atoms with Crippen LogP contribution in [0.5, 0.6) is 0 Å². The van der Waals surface area contributed by atoms with E-state index in [1.807, 2.05) is 66.7 Å². The second-order valence-electron chi connectivity index (χ2n) is 9.26. The lowest BCUT2D eigenvalue weighted by Crippen LogP contribution is -2.27. The minimum absolute atomic E-state index is 0.00622. The molecule has 9 nitrogen and oxygen atoms in total. The molecule has 0 amide bonds. The number of carboxylic acid groups (broad SMARTS) is 1. The van der Waals surface area contributed by atoms with Gasteiger partial charge in [0.2, 0.25) is 21.8 Å². The van der Waals surface area contributed by atoms with Crippen molar-refractivity contribution >= 4 is 21.7 Å². The van der Waals surface area contributed by atoms with E-state index in [4.69, 9.17) is 9.52 Å². The van der Waals surface area contributed by atoms with E-state index in [0.29, 0.717) is 17.3 Å². The molecule has 0 bridgehead atoms. The summed E-state index contributed by atoms with van der Waals surface area (Å²) < 4.78 is 32.6. The van der Waals surface area contributed by atoms with Crippen LogP contribution >= 0.6 is 0 Å². The summed E-state index contributed by atoms with van der Waals surface area (Å²) in [5.41, 5.74) is 4.24. The van der Waals surface area contributed by atoms with Crippen molar-refractivity contribution in [2.75, 3.05) is 11.9 Å². The Morgan fingerprint density at radius 3 is 2.08 bits per heavy atom. The molecule has 10 heteroatoms. The zero-order chi connectivity index (χ0) is 27.1. The van der Waals surface area contributed by atoms with Gasteiger partial charge < -0.3 is 14.8 Å². The molecule has 4 aromatic rings. The Kier molecular flexibility index (Phi) is 8.55. The van der Waals surface area contributed by atoms with Crippen LogP contribution in [0, 0.1) is 5.92 Å². The number of aliphatic carboxylic acids is 1. The van der Waals surface area contributed by atoms with E-state index in [2.05, 4.69) is 34.1 Å². The monoisotopic (exact) mass is 534 g/mol. The van der Waals surface area contributed by atoms with E-state index >= 15 is 0 Å². The fourth-order valence-corrected chi connectivity index (χ4v) is 5.11. The van der Waals surface area contributed by atoms with Crippen molar-refractivity contribution in [1.29, 1.82) is 0 Å². The quantitative estimate of drug-likeness (QED) is 0.228. The van der Waals surface area contributed by atoms with Crippen molar-refractivity contribution < 1.29 is 22.7 Å². The Morgan fingerprint density at radius 2 is 1.50 bits per heavy atom. The maximum Gasteiger partial charge on any atom is 0.304 e. The number of sulfonamides is 1. The fraction of sp³-hybridized carbons (Fsp3) is 0.250. The van der Waals surface area contributed by atoms with Crippen molar-refractivity contribution in [2.24, 2.45) is 5.92 Å². The summed E-state index contributed by atoms with van der Waals surface area (Å²) in [4.78, 5) is 10.6. The van der Waals surface area contributed by atoms with Gasteiger partial charge in [-0.15, -0.1) is 10.2 Å². The van der Waals surface area contributed by atoms with E-state index in [-0.39, 0.29) is 30.7 Å². The van der Waals surface area contributed by atoms with Crippen LogP contribution in [0.4, 0.5) is 5.69 Å². The molecule has 0 saturated carbocycles. The van der Waals surface area contributed by atoms with Crippen LogP contribution in [0.3, 0.4) is 0 Å². The number of rotatable bonds is 12. The SMILES string of the molecule is CC(C)[C@@H](Nc1ccc(-c2nnc(-c3ccccc3)o2)cc1)c1ccc(CS(=O)(=O)NCCC(=O)O)cc1. The number of benzene rings is 3. The normalized spacial score (nSPS) is 12.4. The lowest BCUT2D eigenvalue weighted by molar-refractivity contribution is -0.136. The van der Waals surface area contributed by atoms with E-state index in [0.717, 1.165) is 22.4 Å². The molecule has 38 heavy (non-hydrogen) atoms. The predicted molar refractivity (Wildman–Crippen MR) is 146 cm³/mol. The van der Waals surface area contributed by atoms with E-state index < -0.39 is 16.0 Å². The Labute approximate surface area is 222 Å². The van der Waals surface area contributed by atoms with Gasteiger partial charge in [0.25, 0.3) is 0 Å². The van der Waals surface area contributed by atoms with Crippen LogP contribution < -0.4 is 10.0 Å². The van der Waals surface area contributed by atoms with Gasteiger partial charge in [-0.1, -0.05) is 56.3 Å². The zero-order valence-electron chi connectivity index (χ0n) is 21.2. The molecular weight excluding hydrogens is 504 g/mol. The molecule has 1 heterocycles. The van der Waals surface area contributed by atoms with Gasteiger partial charge in [-0.3, -0.25) is 4.79 Å². The molecule has 3 N–H and O–H groups in total. The number of carbonyl (C=O) groups is 1. The first-order valence-corrected chi connectivity index (χ1v) is 13.9. The van der Waals surface area contributed by atoms with Crippen molar-refractivity contribution in [3.05, 3.63) is 90.0 Å². The van der Waals surface area contributed by atoms with Gasteiger partial charge in [-0.2, -0.15) is 0 Å². The average Bonchev–Trinajstić information content (AvgIpc) is 3.38. The molecule has 0 radical (unpaired) electrons. The van der Waals surface area contributed by atoms with E-state index in [1.165, 1.54) is 0 Å². The number of hydrogen-bond acceptors (Lipinski definition) is 7. The minimum Gasteiger partial charge on any atom is -0.481 e. The predicted octanol–water partition coefficient (Wildman–Crippen LogP) is 5.11. The number of nitrogens with zero attached hydrogens (tertiary/aromatic N) is 2. The van der Waals surface area contributed by atoms with Crippen LogP contribution in [0.15, 0.2) is 83.3 Å². The fourth-order valence-electron chi connectivity index (χ4n) is 3.97. The molecule has 0 fully saturated rings. The third-order valence-corrected chi connectivity index (χ3v) is 7.28. The van der Waals surface area contributed by atoms with Crippen LogP contribution in [0.2, 0.25) is 0 Å². The first kappa shape index (κ1) is 27.0. The number of aromatic nitrogens is 2. The summed E-state index contributed by atoms with van der Waals surface area (Å²) in [6, 6.07) is 24.8. The van der Waals surface area contributed by atoms with Gasteiger partial charge in [0.05, 0.1) is 18.2 Å². The van der Waals surface area contributed by atoms with Gasteiger partial charge in [-0.05, 0) is 53.4 Å². The van der Waals surface area contributed by atoms with Gasteiger partial charge >= 0.3 is 5.97 Å². The molecule has 1 atom stereocenters. The Bertz CT molecular complexity index is 1450. The van der Waals surface area contributed by atoms with Gasteiger partial charge in [0.1, 0.15) is 0 Å². The average molecular weight is 535 g/mol. The summed E-state index contributed by atoms with van der Waals surface area (Å²) in [6.45, 7) is 4.09. The van der Waals surface area contributed by atoms with Gasteiger partial charge in [-0.25, -0.2) is 13.1 Å². The molecular formula is C28H30N4O5S. The zero-order valence-corrected chi connectivity index (χ0v) is 22.0. The maximum atomic E-state index is 12.2. The lowest BCUT2D eigenvalue weighted by Gasteiger charge is -2.24. The molecule has 0 saturated heterocycles. The standard InChI is InChI=1S/C28H30N4O5S/c1-19(2)26(21-10-8-20(9-11-21)18-38(35,36)29-17-16-25(33)34)30-24-14-12-23(13-15-24)28-32-31-27(37-28)22-6-4-3-5-7-22/h3-15,19,26,29-30H,16-18H2,1-2H3,(H,33,34)/t26-/m1/s1. The maximum absolute atomic E-state index is 12.2. The minimum atomic E-state index is -3.62. The smallest absolute Gasteiger partial charge is 0.304 e. The second-order valence-corrected chi connectivity index (χ2v) is 11.1. The third kappa shape index (κ3) is 7.27. The highest BCUT2D eigenvalue weighted by atomic mass is 32.2. The number of anilines is 1. The molecule has 0 aliphatic rings. The molecule has 0 aliphatic carbocycles. The summed E-state index contributed by atoms with van der Waals surface area (Å²) in [7, 11) is -3.62. The first-order valence-electron chi connectivity index (χ1n) is 12.2. The molecule has 3 aromatic carbocycles. The molecule has 0 spiro atoms. The summed E-state index contributed by atoms with van der Waals surface area (Å²) in [5.74, 6) is -0.0960. The molecule has 0 aliphatic heterocycles. The van der Waals surface area contributed by atoms with Crippen LogP contribution in [-0.4, -0.2) is 36.2 Å². The molecule has 198 valence electrons. The molecule has 0 unspecified atom stereocenters. The van der Waals surface area contributed by atoms with Crippen LogP contribution in [0.1, 0.15) is 37.4 Å². The van der Waals surface area contributed by atoms with E-state index in [1.54, 1.807) is 12.1 Å². The first-order chi connectivity index (χ1) is 18.2. The van der Waals surface area contributed by atoms with E-state index in [9.17, 15) is 13.2 Å². The molecule has 4 rings (SSSR count). The number of hydrogen-bond donors (Lipinski definition) is 3. The van der Waals surface area contributed by atoms with Crippen LogP contribution in [0.25, 0.3) is 22.9 Å². The third-order valence-electron chi connectivity index (χ3n) is 5.92. The number of nitrogens with one attached hydrogen (secondary N) is 2. The van der Waals surface area contributed by atoms with Crippen molar-refractivity contribution in [3.63, 3.8) is 0 Å². The summed E-state index contributed by atoms with van der Waals surface area (Å²) >= 11 is 0. The van der Waals surface area contributed by atoms with Crippen molar-refractivity contribution in [2.45, 2.75) is 32.1 Å². The van der Waals surface area contributed by atoms with Gasteiger partial charge in [0, 0.05) is 23.4 Å². The van der Waals surface area contributed by atoms with Crippen LogP contribution in [-0.2, 0) is 20.6 Å². The highest BCUT2D eigenvalue weighted by Crippen LogP contribution is 2.29. The highest BCUT2D eigenvalue weighted by Gasteiger charge is 2.18. The van der Waals surface area contributed by atoms with Gasteiger partial charge in [0.15, 0.2) is 0 Å². The summed E-state index contributed by atoms with van der Waals surface area (Å²) in [5, 5.41) is 20.6. The Balaban J connectivity index is 1.41.